The molecule has 1 heterocycles. The summed E-state index contributed by atoms with van der Waals surface area (Å²) in [6, 6.07) is 9.76. The number of rotatable bonds is 5. The number of nitrogens with two attached hydrogens (primary N) is 1. The minimum absolute atomic E-state index is 0.0893. The fourth-order valence-corrected chi connectivity index (χ4v) is 1.84. The minimum atomic E-state index is -1.42. The van der Waals surface area contributed by atoms with E-state index < -0.39 is 5.24 Å². The first-order valence-corrected chi connectivity index (χ1v) is 5.92. The molecule has 19 heavy (non-hydrogen) atoms. The molecular weight excluding hydrogens is 233 g/mol. The van der Waals surface area contributed by atoms with Gasteiger partial charge < -0.3 is 11.1 Å². The summed E-state index contributed by atoms with van der Waals surface area (Å²) in [7, 11) is 16.6. The highest BCUT2D eigenvalue weighted by molar-refractivity contribution is 6.59. The average Bonchev–Trinajstić information content (AvgIpc) is 2.76. The first-order chi connectivity index (χ1) is 8.96. The smallest absolute Gasteiger partial charge is 0.0893 e. The number of benzene rings is 1. The van der Waals surface area contributed by atoms with Gasteiger partial charge in [0.15, 0.2) is 0 Å². The molecule has 4 nitrogen and oxygen atoms in total. The number of anilines is 1. The van der Waals surface area contributed by atoms with E-state index in [9.17, 15) is 0 Å². The Balaban J connectivity index is 2.24. The monoisotopic (exact) mass is 246 g/mol. The third kappa shape index (κ3) is 3.93. The summed E-state index contributed by atoms with van der Waals surface area (Å²) in [5.41, 5.74) is 7.35. The van der Waals surface area contributed by atoms with Crippen molar-refractivity contribution < 1.29 is 0 Å². The highest BCUT2D eigenvalue weighted by Crippen LogP contribution is 2.18. The van der Waals surface area contributed by atoms with E-state index in [1.54, 1.807) is 17.1 Å². The van der Waals surface area contributed by atoms with Gasteiger partial charge in [-0.25, -0.2) is 0 Å². The van der Waals surface area contributed by atoms with Crippen molar-refractivity contribution in [3.05, 3.63) is 48.3 Å². The Bertz CT molecular complexity index is 521. The quantitative estimate of drug-likeness (QED) is 0.715. The van der Waals surface area contributed by atoms with Crippen molar-refractivity contribution in [3.63, 3.8) is 0 Å². The predicted molar refractivity (Wildman–Crippen MR) is 79.2 cm³/mol. The zero-order valence-electron chi connectivity index (χ0n) is 10.5. The molecule has 0 saturated carbocycles. The third-order valence-corrected chi connectivity index (χ3v) is 2.73. The summed E-state index contributed by atoms with van der Waals surface area (Å²) in [5, 5.41) is 5.66. The van der Waals surface area contributed by atoms with E-state index in [-0.39, 0.29) is 6.04 Å². The van der Waals surface area contributed by atoms with Crippen molar-refractivity contribution in [2.24, 2.45) is 0 Å². The van der Waals surface area contributed by atoms with Gasteiger partial charge in [-0.05, 0) is 5.56 Å². The summed E-state index contributed by atoms with van der Waals surface area (Å²) in [6.45, 7) is 0.439. The lowest BCUT2D eigenvalue weighted by atomic mass is 9.49. The first-order valence-electron chi connectivity index (χ1n) is 5.92. The van der Waals surface area contributed by atoms with Gasteiger partial charge in [0.25, 0.3) is 0 Å². The average molecular weight is 246 g/mol. The molecular formula is C12H13B3N4. The van der Waals surface area contributed by atoms with Gasteiger partial charge in [0, 0.05) is 12.7 Å². The van der Waals surface area contributed by atoms with Crippen LogP contribution < -0.4 is 11.1 Å². The van der Waals surface area contributed by atoms with Crippen LogP contribution in [0.1, 0.15) is 11.6 Å². The van der Waals surface area contributed by atoms with Gasteiger partial charge in [0.1, 0.15) is 0 Å². The highest BCUT2D eigenvalue weighted by atomic mass is 15.3. The standard InChI is InChI=1S/C12H13B3N4/c13-12(14,15)17-7-11(9-4-2-1-3-5-9)19-8-10(16)6-18-19/h1-6,8,11,17H,7,16H2. The highest BCUT2D eigenvalue weighted by Gasteiger charge is 2.17. The van der Waals surface area contributed by atoms with Gasteiger partial charge in [0.05, 0.1) is 41.5 Å². The number of nitrogen functional groups attached to an aromatic ring is 1. The topological polar surface area (TPSA) is 55.9 Å². The lowest BCUT2D eigenvalue weighted by Gasteiger charge is -2.27. The molecule has 1 aromatic heterocycles. The van der Waals surface area contributed by atoms with E-state index in [0.29, 0.717) is 12.2 Å². The van der Waals surface area contributed by atoms with Crippen LogP contribution in [0.15, 0.2) is 42.7 Å². The van der Waals surface area contributed by atoms with Crippen LogP contribution in [-0.2, 0) is 0 Å². The van der Waals surface area contributed by atoms with Gasteiger partial charge in [-0.15, -0.1) is 0 Å². The second-order valence-electron chi connectivity index (χ2n) is 4.49. The molecule has 0 aliphatic carbocycles. The molecule has 3 N–H and O–H groups in total. The number of nitrogens with one attached hydrogen (secondary N) is 1. The van der Waals surface area contributed by atoms with Gasteiger partial charge in [-0.3, -0.25) is 4.68 Å². The van der Waals surface area contributed by atoms with Crippen LogP contribution in [0.25, 0.3) is 0 Å². The van der Waals surface area contributed by atoms with Crippen molar-refractivity contribution in [2.75, 3.05) is 12.3 Å². The number of nitrogens with zero attached hydrogens (tertiary/aromatic N) is 2. The Hall–Kier alpha value is -1.62. The molecule has 0 aliphatic rings. The number of hydrogen-bond donors (Lipinski definition) is 2. The molecule has 6 radical (unpaired) electrons. The van der Waals surface area contributed by atoms with Crippen LogP contribution in [0.2, 0.25) is 0 Å². The van der Waals surface area contributed by atoms with Gasteiger partial charge >= 0.3 is 0 Å². The SMILES string of the molecule is [B]C([B])([B])NCC(c1ccccc1)n1cc(N)cn1. The van der Waals surface area contributed by atoms with Crippen molar-refractivity contribution in [2.45, 2.75) is 11.3 Å². The zero-order chi connectivity index (χ0) is 13.9. The molecule has 0 aliphatic heterocycles. The van der Waals surface area contributed by atoms with Crippen molar-refractivity contribution in [1.29, 1.82) is 0 Å². The Labute approximate surface area is 117 Å². The molecule has 1 aromatic carbocycles. The number of hydrogen-bond acceptors (Lipinski definition) is 3. The fourth-order valence-electron chi connectivity index (χ4n) is 1.84. The summed E-state index contributed by atoms with van der Waals surface area (Å²) in [6.07, 6.45) is 3.35. The molecule has 90 valence electrons. The van der Waals surface area contributed by atoms with Gasteiger partial charge in [0.2, 0.25) is 0 Å². The number of aromatic nitrogens is 2. The Morgan fingerprint density at radius 2 is 1.95 bits per heavy atom. The Morgan fingerprint density at radius 3 is 2.47 bits per heavy atom. The molecule has 2 aromatic rings. The lowest BCUT2D eigenvalue weighted by molar-refractivity contribution is 0.483. The second kappa shape index (κ2) is 5.57. The van der Waals surface area contributed by atoms with Crippen molar-refractivity contribution in [1.82, 2.24) is 15.1 Å². The maximum absolute atomic E-state index is 5.70. The predicted octanol–water partition coefficient (Wildman–Crippen LogP) is -0.239. The summed E-state index contributed by atoms with van der Waals surface area (Å²) < 4.78 is 1.75. The molecule has 0 fully saturated rings. The normalized spacial score (nSPS) is 13.3. The van der Waals surface area contributed by atoms with E-state index in [0.717, 1.165) is 5.56 Å². The molecule has 1 unspecified atom stereocenters. The van der Waals surface area contributed by atoms with E-state index in [4.69, 9.17) is 29.3 Å². The van der Waals surface area contributed by atoms with Crippen molar-refractivity contribution in [3.8, 4) is 0 Å². The van der Waals surface area contributed by atoms with Crippen LogP contribution in [0.4, 0.5) is 5.69 Å². The lowest BCUT2D eigenvalue weighted by Crippen LogP contribution is -2.49. The fraction of sp³-hybridized carbons (Fsp3) is 0.250. The summed E-state index contributed by atoms with van der Waals surface area (Å²) in [5.74, 6) is 0. The van der Waals surface area contributed by atoms with Crippen LogP contribution in [0, 0.1) is 0 Å². The molecule has 7 heteroatoms. The van der Waals surface area contributed by atoms with E-state index in [1.807, 2.05) is 30.3 Å². The largest absolute Gasteiger partial charge is 0.396 e. The Kier molecular flexibility index (Phi) is 4.05. The van der Waals surface area contributed by atoms with Crippen LogP contribution in [0.5, 0.6) is 0 Å². The molecule has 1 atom stereocenters. The molecule has 0 spiro atoms. The molecule has 0 amide bonds. The maximum atomic E-state index is 5.70. The van der Waals surface area contributed by atoms with Crippen LogP contribution >= 0.6 is 0 Å². The van der Waals surface area contributed by atoms with E-state index >= 15 is 0 Å². The van der Waals surface area contributed by atoms with Gasteiger partial charge in [-0.2, -0.15) is 5.10 Å². The summed E-state index contributed by atoms with van der Waals surface area (Å²) >= 11 is 0. The zero-order valence-corrected chi connectivity index (χ0v) is 10.5. The minimum Gasteiger partial charge on any atom is -0.396 e. The molecule has 2 rings (SSSR count). The van der Waals surface area contributed by atoms with E-state index in [2.05, 4.69) is 10.4 Å². The maximum Gasteiger partial charge on any atom is 0.0893 e. The van der Waals surface area contributed by atoms with E-state index in [1.165, 1.54) is 0 Å². The van der Waals surface area contributed by atoms with Gasteiger partial charge in [-0.1, -0.05) is 35.6 Å². The molecule has 0 bridgehead atoms. The van der Waals surface area contributed by atoms with Crippen LogP contribution in [-0.4, -0.2) is 45.1 Å². The third-order valence-electron chi connectivity index (χ3n) is 2.73. The molecule has 0 saturated heterocycles. The van der Waals surface area contributed by atoms with Crippen molar-refractivity contribution >= 4 is 29.2 Å². The summed E-state index contributed by atoms with van der Waals surface area (Å²) in [4.78, 5) is 0. The first kappa shape index (κ1) is 13.8. The second-order valence-corrected chi connectivity index (χ2v) is 4.49. The Morgan fingerprint density at radius 1 is 1.26 bits per heavy atom. The van der Waals surface area contributed by atoms with Crippen LogP contribution in [0.3, 0.4) is 0 Å².